The number of carbonyl (C=O) groups is 2. The smallest absolute Gasteiger partial charge is 0.243 e. The highest BCUT2D eigenvalue weighted by molar-refractivity contribution is 5.75. The summed E-state index contributed by atoms with van der Waals surface area (Å²) < 4.78 is 13.1. The molecule has 2 fully saturated rings. The van der Waals surface area contributed by atoms with Crippen molar-refractivity contribution in [1.29, 1.82) is 0 Å². The number of ether oxygens (including phenoxy) is 2. The number of rotatable bonds is 17. The van der Waals surface area contributed by atoms with Crippen LogP contribution in [0.2, 0.25) is 0 Å². The molecule has 240 valence electrons. The summed E-state index contributed by atoms with van der Waals surface area (Å²) in [6.07, 6.45) is 11.0. The summed E-state index contributed by atoms with van der Waals surface area (Å²) in [4.78, 5) is 25.9. The SMILES string of the molecule is C=CCN(C[C@H]1C[C@@H](c2ccc(CO)cc2)O[C@@H](c2ccc(CNC(=O)CCCCCCC(=O)NO)cc2)O1)C1CCCC1. The zero-order valence-electron chi connectivity index (χ0n) is 25.8. The Labute approximate surface area is 261 Å². The Morgan fingerprint density at radius 1 is 0.886 bits per heavy atom. The lowest BCUT2D eigenvalue weighted by molar-refractivity contribution is -0.253. The number of benzene rings is 2. The topological polar surface area (TPSA) is 120 Å². The third-order valence-corrected chi connectivity index (χ3v) is 8.68. The number of aliphatic hydroxyl groups is 1. The Morgan fingerprint density at radius 3 is 2.16 bits per heavy atom. The number of hydroxylamine groups is 1. The zero-order valence-corrected chi connectivity index (χ0v) is 25.8. The van der Waals surface area contributed by atoms with Gasteiger partial charge >= 0.3 is 0 Å². The predicted octanol–water partition coefficient (Wildman–Crippen LogP) is 5.62. The van der Waals surface area contributed by atoms with Crippen LogP contribution in [0.25, 0.3) is 0 Å². The Bertz CT molecular complexity index is 1170. The van der Waals surface area contributed by atoms with Crippen LogP contribution < -0.4 is 10.8 Å². The van der Waals surface area contributed by atoms with E-state index in [4.69, 9.17) is 14.7 Å². The van der Waals surface area contributed by atoms with E-state index in [0.29, 0.717) is 31.8 Å². The van der Waals surface area contributed by atoms with Crippen LogP contribution >= 0.6 is 0 Å². The molecule has 44 heavy (non-hydrogen) atoms. The molecule has 9 nitrogen and oxygen atoms in total. The average Bonchev–Trinajstić information content (AvgIpc) is 3.60. The van der Waals surface area contributed by atoms with Gasteiger partial charge in [0.05, 0.1) is 18.8 Å². The number of hydrogen-bond donors (Lipinski definition) is 4. The number of nitrogens with zero attached hydrogens (tertiary/aromatic N) is 1. The fourth-order valence-electron chi connectivity index (χ4n) is 6.16. The van der Waals surface area contributed by atoms with Crippen molar-refractivity contribution >= 4 is 11.8 Å². The van der Waals surface area contributed by atoms with Crippen LogP contribution in [-0.4, -0.2) is 52.3 Å². The van der Waals surface area contributed by atoms with Crippen molar-refractivity contribution in [1.82, 2.24) is 15.7 Å². The molecule has 4 rings (SSSR count). The Morgan fingerprint density at radius 2 is 1.52 bits per heavy atom. The minimum Gasteiger partial charge on any atom is -0.392 e. The number of unbranched alkanes of at least 4 members (excludes halogenated alkanes) is 3. The molecule has 0 aromatic heterocycles. The van der Waals surface area contributed by atoms with E-state index in [2.05, 4.69) is 16.8 Å². The first kappa shape index (κ1) is 33.8. The molecule has 1 aliphatic carbocycles. The molecule has 2 aromatic rings. The summed E-state index contributed by atoms with van der Waals surface area (Å²) in [5.41, 5.74) is 5.52. The molecule has 0 radical (unpaired) electrons. The van der Waals surface area contributed by atoms with Crippen molar-refractivity contribution in [3.8, 4) is 0 Å². The number of amides is 2. The van der Waals surface area contributed by atoms with Gasteiger partial charge in [0, 0.05) is 50.5 Å². The first-order valence-corrected chi connectivity index (χ1v) is 16.1. The van der Waals surface area contributed by atoms with Gasteiger partial charge in [0.1, 0.15) is 0 Å². The van der Waals surface area contributed by atoms with Gasteiger partial charge in [-0.3, -0.25) is 19.7 Å². The van der Waals surface area contributed by atoms with E-state index in [1.54, 1.807) is 5.48 Å². The molecule has 2 aromatic carbocycles. The highest BCUT2D eigenvalue weighted by atomic mass is 16.7. The summed E-state index contributed by atoms with van der Waals surface area (Å²) in [6.45, 7) is 6.13. The molecule has 3 atom stereocenters. The highest BCUT2D eigenvalue weighted by Gasteiger charge is 2.34. The standard InChI is InChI=1S/C35H49N3O6/c1-2-21-38(30-9-7-8-10-30)24-31-22-32(28-17-15-27(25-39)16-18-28)44-35(43-31)29-19-13-26(14-20-29)23-36-33(40)11-5-3-4-6-12-34(41)37-42/h2,13-20,30-32,35,39,42H,1,3-12,21-25H2,(H,36,40)(H,37,41)/t31-,32+,35+/m1/s1. The molecule has 2 amide bonds. The Hall–Kier alpha value is -3.08. The summed E-state index contributed by atoms with van der Waals surface area (Å²) >= 11 is 0. The summed E-state index contributed by atoms with van der Waals surface area (Å²) in [6, 6.07) is 16.6. The average molecular weight is 608 g/mol. The molecule has 1 aliphatic heterocycles. The quantitative estimate of drug-likeness (QED) is 0.0798. The van der Waals surface area contributed by atoms with Crippen molar-refractivity contribution in [3.05, 3.63) is 83.4 Å². The normalized spacial score (nSPS) is 20.5. The van der Waals surface area contributed by atoms with E-state index in [0.717, 1.165) is 61.0 Å². The Kier molecular flexibility index (Phi) is 13.8. The van der Waals surface area contributed by atoms with Crippen LogP contribution in [0.3, 0.4) is 0 Å². The second kappa shape index (κ2) is 18.0. The lowest BCUT2D eigenvalue weighted by Crippen LogP contribution is -2.43. The van der Waals surface area contributed by atoms with Gasteiger partial charge in [-0.05, 0) is 42.4 Å². The summed E-state index contributed by atoms with van der Waals surface area (Å²) in [5.74, 6) is -0.372. The molecule has 4 N–H and O–H groups in total. The predicted molar refractivity (Wildman–Crippen MR) is 168 cm³/mol. The molecule has 1 saturated heterocycles. The highest BCUT2D eigenvalue weighted by Crippen LogP contribution is 2.39. The van der Waals surface area contributed by atoms with E-state index >= 15 is 0 Å². The molecular weight excluding hydrogens is 558 g/mol. The van der Waals surface area contributed by atoms with Gasteiger partial charge in [-0.15, -0.1) is 6.58 Å². The fourth-order valence-corrected chi connectivity index (χ4v) is 6.16. The molecule has 1 heterocycles. The van der Waals surface area contributed by atoms with Crippen LogP contribution in [-0.2, 0) is 32.2 Å². The van der Waals surface area contributed by atoms with E-state index in [9.17, 15) is 14.7 Å². The van der Waals surface area contributed by atoms with Gasteiger partial charge in [-0.1, -0.05) is 80.3 Å². The fraction of sp³-hybridized carbons (Fsp3) is 0.543. The van der Waals surface area contributed by atoms with Gasteiger partial charge in [-0.2, -0.15) is 0 Å². The molecule has 1 saturated carbocycles. The lowest BCUT2D eigenvalue weighted by atomic mass is 9.99. The number of nitrogens with one attached hydrogen (secondary N) is 2. The van der Waals surface area contributed by atoms with Crippen molar-refractivity contribution < 1.29 is 29.4 Å². The molecular formula is C35H49N3O6. The molecule has 9 heteroatoms. The van der Waals surface area contributed by atoms with Gasteiger partial charge in [0.2, 0.25) is 11.8 Å². The van der Waals surface area contributed by atoms with Gasteiger partial charge in [0.25, 0.3) is 0 Å². The molecule has 2 aliphatic rings. The number of aliphatic hydroxyl groups excluding tert-OH is 1. The zero-order chi connectivity index (χ0) is 31.1. The largest absolute Gasteiger partial charge is 0.392 e. The van der Waals surface area contributed by atoms with Crippen LogP contribution in [0.1, 0.15) is 105 Å². The van der Waals surface area contributed by atoms with Crippen molar-refractivity contribution in [2.24, 2.45) is 0 Å². The van der Waals surface area contributed by atoms with Crippen molar-refractivity contribution in [2.45, 2.75) is 108 Å². The van der Waals surface area contributed by atoms with Crippen LogP contribution in [0.4, 0.5) is 0 Å². The second-order valence-corrected chi connectivity index (χ2v) is 12.0. The maximum Gasteiger partial charge on any atom is 0.243 e. The third kappa shape index (κ3) is 10.5. The van der Waals surface area contributed by atoms with E-state index in [1.165, 1.54) is 25.7 Å². The first-order valence-electron chi connectivity index (χ1n) is 16.1. The van der Waals surface area contributed by atoms with Crippen LogP contribution in [0.15, 0.2) is 61.2 Å². The van der Waals surface area contributed by atoms with E-state index < -0.39 is 6.29 Å². The minimum atomic E-state index is -0.516. The number of carbonyl (C=O) groups excluding carboxylic acids is 2. The second-order valence-electron chi connectivity index (χ2n) is 12.0. The monoisotopic (exact) mass is 607 g/mol. The first-order chi connectivity index (χ1) is 21.5. The van der Waals surface area contributed by atoms with Crippen LogP contribution in [0, 0.1) is 0 Å². The van der Waals surface area contributed by atoms with Crippen molar-refractivity contribution in [3.63, 3.8) is 0 Å². The third-order valence-electron chi connectivity index (χ3n) is 8.68. The maximum absolute atomic E-state index is 12.3. The summed E-state index contributed by atoms with van der Waals surface area (Å²) in [5, 5.41) is 21.0. The van der Waals surface area contributed by atoms with Gasteiger partial charge in [-0.25, -0.2) is 5.48 Å². The lowest BCUT2D eigenvalue weighted by Gasteiger charge is -2.39. The van der Waals surface area contributed by atoms with Crippen LogP contribution in [0.5, 0.6) is 0 Å². The summed E-state index contributed by atoms with van der Waals surface area (Å²) in [7, 11) is 0. The van der Waals surface area contributed by atoms with Gasteiger partial charge < -0.3 is 19.9 Å². The maximum atomic E-state index is 12.3. The molecule has 0 unspecified atom stereocenters. The van der Waals surface area contributed by atoms with Gasteiger partial charge in [0.15, 0.2) is 6.29 Å². The molecule has 0 spiro atoms. The van der Waals surface area contributed by atoms with E-state index in [1.807, 2.05) is 54.6 Å². The van der Waals surface area contributed by atoms with E-state index in [-0.39, 0.29) is 30.6 Å². The van der Waals surface area contributed by atoms with Crippen molar-refractivity contribution in [2.75, 3.05) is 13.1 Å². The molecule has 0 bridgehead atoms. The Balaban J connectivity index is 1.33. The minimum absolute atomic E-state index is 0.00497. The number of hydrogen-bond acceptors (Lipinski definition) is 7.